The number of β-amino-alcohol motifs (C(OH)–C–C–N with tert-alkyl or cyclic N) is 1. The number of rotatable bonds is 5. The Morgan fingerprint density at radius 1 is 1.23 bits per heavy atom. The Labute approximate surface area is 150 Å². The van der Waals surface area contributed by atoms with Crippen molar-refractivity contribution in [2.24, 2.45) is 0 Å². The Bertz CT molecular complexity index is 809. The van der Waals surface area contributed by atoms with Gasteiger partial charge in [0.2, 0.25) is 0 Å². The molecule has 0 saturated heterocycles. The number of nitro benzene ring substituents is 1. The fraction of sp³-hybridized carbons (Fsp3) is 0.278. The van der Waals surface area contributed by atoms with Gasteiger partial charge in [-0.2, -0.15) is 0 Å². The number of aromatic carboxylic acids is 1. The van der Waals surface area contributed by atoms with Gasteiger partial charge < -0.3 is 20.4 Å². The van der Waals surface area contributed by atoms with Gasteiger partial charge in [0.05, 0.1) is 34.0 Å². The van der Waals surface area contributed by atoms with Gasteiger partial charge in [0.15, 0.2) is 0 Å². The van der Waals surface area contributed by atoms with Crippen molar-refractivity contribution in [2.45, 2.75) is 20.0 Å². The average Bonchev–Trinajstić information content (AvgIpc) is 3.02. The van der Waals surface area contributed by atoms with Gasteiger partial charge in [0.25, 0.3) is 5.69 Å². The van der Waals surface area contributed by atoms with Crippen molar-refractivity contribution in [3.8, 4) is 0 Å². The van der Waals surface area contributed by atoms with Gasteiger partial charge in [0, 0.05) is 12.6 Å². The van der Waals surface area contributed by atoms with Gasteiger partial charge in [-0.25, -0.2) is 4.79 Å². The molecule has 138 valence electrons. The molecule has 3 rings (SSSR count). The minimum Gasteiger partial charge on any atom is -0.478 e. The van der Waals surface area contributed by atoms with Gasteiger partial charge in [-0.15, -0.1) is 0 Å². The molecule has 0 amide bonds. The summed E-state index contributed by atoms with van der Waals surface area (Å²) in [4.78, 5) is 24.0. The molecule has 26 heavy (non-hydrogen) atoms. The largest absolute Gasteiger partial charge is 0.478 e. The van der Waals surface area contributed by atoms with Crippen LogP contribution in [0.2, 0.25) is 0 Å². The Morgan fingerprint density at radius 2 is 1.92 bits per heavy atom. The third-order valence-corrected chi connectivity index (χ3v) is 3.94. The van der Waals surface area contributed by atoms with Gasteiger partial charge in [-0.05, 0) is 18.2 Å². The second kappa shape index (κ2) is 8.30. The van der Waals surface area contributed by atoms with Crippen LogP contribution in [0, 0.1) is 10.1 Å². The molecule has 1 unspecified atom stereocenters. The SMILES string of the molecule is CC.O=C(O)c1cccc2c1NC(c1ccccc1[N+](=O)[O-])N2CCO. The number of para-hydroxylation sites is 2. The van der Waals surface area contributed by atoms with Crippen LogP contribution >= 0.6 is 0 Å². The number of carboxylic acid groups (broad SMARTS) is 1. The highest BCUT2D eigenvalue weighted by atomic mass is 16.6. The van der Waals surface area contributed by atoms with Crippen molar-refractivity contribution in [3.63, 3.8) is 0 Å². The molecule has 2 aromatic carbocycles. The number of carbonyl (C=O) groups is 1. The van der Waals surface area contributed by atoms with E-state index in [0.717, 1.165) is 0 Å². The number of benzene rings is 2. The normalized spacial score (nSPS) is 14.7. The first kappa shape index (κ1) is 19.2. The summed E-state index contributed by atoms with van der Waals surface area (Å²) in [6.45, 7) is 4.04. The lowest BCUT2D eigenvalue weighted by Crippen LogP contribution is -2.31. The van der Waals surface area contributed by atoms with Crippen molar-refractivity contribution in [2.75, 3.05) is 23.4 Å². The second-order valence-electron chi connectivity index (χ2n) is 5.28. The lowest BCUT2D eigenvalue weighted by molar-refractivity contribution is -0.385. The lowest BCUT2D eigenvalue weighted by atomic mass is 10.1. The van der Waals surface area contributed by atoms with Crippen molar-refractivity contribution in [1.29, 1.82) is 0 Å². The molecule has 0 aliphatic carbocycles. The molecule has 1 atom stereocenters. The van der Waals surface area contributed by atoms with E-state index in [1.54, 1.807) is 35.2 Å². The maximum atomic E-state index is 11.4. The Hall–Kier alpha value is -3.13. The Kier molecular flexibility index (Phi) is 6.13. The molecule has 8 nitrogen and oxygen atoms in total. The number of hydrogen-bond donors (Lipinski definition) is 3. The van der Waals surface area contributed by atoms with Gasteiger partial charge >= 0.3 is 5.97 Å². The molecule has 2 aromatic rings. The average molecular weight is 359 g/mol. The summed E-state index contributed by atoms with van der Waals surface area (Å²) in [7, 11) is 0. The maximum Gasteiger partial charge on any atom is 0.337 e. The summed E-state index contributed by atoms with van der Waals surface area (Å²) < 4.78 is 0. The number of aliphatic hydroxyl groups is 1. The van der Waals surface area contributed by atoms with Crippen molar-refractivity contribution in [3.05, 3.63) is 63.7 Å². The zero-order valence-electron chi connectivity index (χ0n) is 14.5. The summed E-state index contributed by atoms with van der Waals surface area (Å²) >= 11 is 0. The van der Waals surface area contributed by atoms with Crippen LogP contribution in [0.1, 0.15) is 35.9 Å². The molecule has 8 heteroatoms. The van der Waals surface area contributed by atoms with E-state index in [1.165, 1.54) is 12.1 Å². The third-order valence-electron chi connectivity index (χ3n) is 3.94. The maximum absolute atomic E-state index is 11.4. The fourth-order valence-corrected chi connectivity index (χ4v) is 2.95. The van der Waals surface area contributed by atoms with E-state index in [2.05, 4.69) is 5.32 Å². The fourth-order valence-electron chi connectivity index (χ4n) is 2.95. The summed E-state index contributed by atoms with van der Waals surface area (Å²) in [6, 6.07) is 11.1. The first-order valence-electron chi connectivity index (χ1n) is 8.28. The zero-order chi connectivity index (χ0) is 19.3. The summed E-state index contributed by atoms with van der Waals surface area (Å²) in [5.41, 5.74) is 1.40. The highest BCUT2D eigenvalue weighted by Crippen LogP contribution is 2.44. The molecular formula is C18H21N3O5. The monoisotopic (exact) mass is 359 g/mol. The number of aliphatic hydroxyl groups excluding tert-OH is 1. The van der Waals surface area contributed by atoms with Crippen LogP contribution in [0.4, 0.5) is 17.1 Å². The van der Waals surface area contributed by atoms with Gasteiger partial charge in [-0.3, -0.25) is 10.1 Å². The standard InChI is InChI=1S/C16H15N3O5.C2H6/c20-9-8-18-13-7-3-5-11(16(21)22)14(13)17-15(18)10-4-1-2-6-12(10)19(23)24;1-2/h1-7,15,17,20H,8-9H2,(H,21,22);1-2H3. The topological polar surface area (TPSA) is 116 Å². The number of anilines is 2. The van der Waals surface area contributed by atoms with Crippen LogP contribution in [0.5, 0.6) is 0 Å². The van der Waals surface area contributed by atoms with Gasteiger partial charge in [0.1, 0.15) is 6.17 Å². The molecule has 1 aliphatic rings. The van der Waals surface area contributed by atoms with E-state index < -0.39 is 17.1 Å². The van der Waals surface area contributed by atoms with Crippen LogP contribution < -0.4 is 10.2 Å². The van der Waals surface area contributed by atoms with Crippen molar-refractivity contribution < 1.29 is 19.9 Å². The number of fused-ring (bicyclic) bond motifs is 1. The van der Waals surface area contributed by atoms with E-state index >= 15 is 0 Å². The highest BCUT2D eigenvalue weighted by molar-refractivity contribution is 5.99. The quantitative estimate of drug-likeness (QED) is 0.554. The molecule has 3 N–H and O–H groups in total. The highest BCUT2D eigenvalue weighted by Gasteiger charge is 2.35. The van der Waals surface area contributed by atoms with Crippen molar-refractivity contribution >= 4 is 23.0 Å². The van der Waals surface area contributed by atoms with Gasteiger partial charge in [-0.1, -0.05) is 32.0 Å². The molecule has 1 aliphatic heterocycles. The molecule has 0 aromatic heterocycles. The van der Waals surface area contributed by atoms with E-state index in [4.69, 9.17) is 0 Å². The van der Waals surface area contributed by atoms with Crippen LogP contribution in [0.3, 0.4) is 0 Å². The molecule has 0 bridgehead atoms. The predicted octanol–water partition coefficient (Wildman–Crippen LogP) is 3.24. The second-order valence-corrected chi connectivity index (χ2v) is 5.28. The number of nitrogens with zero attached hydrogens (tertiary/aromatic N) is 2. The molecule has 0 fully saturated rings. The predicted molar refractivity (Wildman–Crippen MR) is 98.6 cm³/mol. The smallest absolute Gasteiger partial charge is 0.337 e. The minimum absolute atomic E-state index is 0.0670. The van der Waals surface area contributed by atoms with E-state index in [-0.39, 0.29) is 24.4 Å². The van der Waals surface area contributed by atoms with E-state index in [0.29, 0.717) is 16.9 Å². The molecule has 0 saturated carbocycles. The summed E-state index contributed by atoms with van der Waals surface area (Å²) in [6.07, 6.45) is -0.630. The number of nitro groups is 1. The van der Waals surface area contributed by atoms with Crippen LogP contribution in [-0.4, -0.2) is 34.3 Å². The van der Waals surface area contributed by atoms with E-state index in [1.807, 2.05) is 13.8 Å². The molecule has 0 radical (unpaired) electrons. The minimum atomic E-state index is -1.09. The third kappa shape index (κ3) is 3.45. The van der Waals surface area contributed by atoms with Crippen LogP contribution in [0.25, 0.3) is 0 Å². The first-order valence-corrected chi connectivity index (χ1v) is 8.28. The van der Waals surface area contributed by atoms with Crippen LogP contribution in [-0.2, 0) is 0 Å². The Balaban J connectivity index is 0.00000117. The zero-order valence-corrected chi connectivity index (χ0v) is 14.5. The molecule has 1 heterocycles. The van der Waals surface area contributed by atoms with Crippen LogP contribution in [0.15, 0.2) is 42.5 Å². The Morgan fingerprint density at radius 3 is 2.54 bits per heavy atom. The van der Waals surface area contributed by atoms with E-state index in [9.17, 15) is 25.1 Å². The summed E-state index contributed by atoms with van der Waals surface area (Å²) in [5, 5.41) is 33.1. The molecular weight excluding hydrogens is 338 g/mol. The lowest BCUT2D eigenvalue weighted by Gasteiger charge is -2.26. The summed E-state index contributed by atoms with van der Waals surface area (Å²) in [5.74, 6) is -1.09. The number of nitrogens with one attached hydrogen (secondary N) is 1. The van der Waals surface area contributed by atoms with Crippen molar-refractivity contribution in [1.82, 2.24) is 0 Å². The molecule has 0 spiro atoms. The number of carboxylic acids is 1. The number of hydrogen-bond acceptors (Lipinski definition) is 6. The first-order chi connectivity index (χ1) is 12.5.